The van der Waals surface area contributed by atoms with E-state index < -0.39 is 17.5 Å². The van der Waals surface area contributed by atoms with Gasteiger partial charge in [-0.1, -0.05) is 0 Å². The number of hydrogen-bond acceptors (Lipinski definition) is 5. The highest BCUT2D eigenvalue weighted by Crippen LogP contribution is 2.38. The fraction of sp³-hybridized carbons (Fsp3) is 0.409. The number of amides is 1. The van der Waals surface area contributed by atoms with Crippen LogP contribution >= 0.6 is 0 Å². The third-order valence-electron chi connectivity index (χ3n) is 5.31. The largest absolute Gasteiger partial charge is 0.507 e. The van der Waals surface area contributed by atoms with Crippen molar-refractivity contribution < 1.29 is 23.1 Å². The van der Waals surface area contributed by atoms with Crippen molar-refractivity contribution in [1.29, 1.82) is 0 Å². The molecular formula is C22H25F3N4O2. The van der Waals surface area contributed by atoms with Crippen molar-refractivity contribution in [1.82, 2.24) is 9.88 Å². The molecule has 31 heavy (non-hydrogen) atoms. The van der Waals surface area contributed by atoms with Gasteiger partial charge in [0, 0.05) is 48.8 Å². The fourth-order valence-electron chi connectivity index (χ4n) is 3.73. The van der Waals surface area contributed by atoms with E-state index in [1.807, 2.05) is 18.7 Å². The average Bonchev–Trinajstić information content (AvgIpc) is 3.03. The van der Waals surface area contributed by atoms with Crippen molar-refractivity contribution in [3.05, 3.63) is 41.0 Å². The number of carbonyl (C=O) groups excluding carboxylic acids is 1. The zero-order chi connectivity index (χ0) is 22.9. The fourth-order valence-corrected chi connectivity index (χ4v) is 3.73. The maximum atomic E-state index is 12.9. The van der Waals surface area contributed by atoms with Gasteiger partial charge in [-0.25, -0.2) is 4.98 Å². The van der Waals surface area contributed by atoms with E-state index in [1.165, 1.54) is 6.92 Å². The summed E-state index contributed by atoms with van der Waals surface area (Å²) in [6.45, 7) is 6.59. The minimum absolute atomic E-state index is 0.132. The molecule has 1 saturated heterocycles. The summed E-state index contributed by atoms with van der Waals surface area (Å²) in [6.07, 6.45) is -2.51. The van der Waals surface area contributed by atoms with Gasteiger partial charge in [0.15, 0.2) is 0 Å². The standard InChI is InChI=1S/C22H25F3N4O2/c1-12(2)29-11-14(7-19(29)31)9-27-10-15-4-5-17(28-21(15)26)20-13(3)6-16(8-18(20)30)22(23,24)25/h4-6,8,10,12,14,30H,7,9,11H2,1-3H3,(H2,26,28). The summed E-state index contributed by atoms with van der Waals surface area (Å²) < 4.78 is 38.8. The quantitative estimate of drug-likeness (QED) is 0.695. The summed E-state index contributed by atoms with van der Waals surface area (Å²) in [5, 5.41) is 10.2. The summed E-state index contributed by atoms with van der Waals surface area (Å²) >= 11 is 0. The number of aliphatic imine (C=N–C) groups is 1. The summed E-state index contributed by atoms with van der Waals surface area (Å²) in [7, 11) is 0. The average molecular weight is 434 g/mol. The third-order valence-corrected chi connectivity index (χ3v) is 5.31. The Labute approximate surface area is 178 Å². The smallest absolute Gasteiger partial charge is 0.416 e. The summed E-state index contributed by atoms with van der Waals surface area (Å²) in [6, 6.07) is 5.04. The molecule has 3 N–H and O–H groups in total. The van der Waals surface area contributed by atoms with Gasteiger partial charge in [-0.15, -0.1) is 0 Å². The summed E-state index contributed by atoms with van der Waals surface area (Å²) in [4.78, 5) is 22.4. The van der Waals surface area contributed by atoms with E-state index in [-0.39, 0.29) is 40.5 Å². The lowest BCUT2D eigenvalue weighted by Crippen LogP contribution is -2.32. The Hall–Kier alpha value is -3.10. The van der Waals surface area contributed by atoms with Crippen LogP contribution in [0.3, 0.4) is 0 Å². The first-order chi connectivity index (χ1) is 14.5. The number of phenolic OH excluding ortho intramolecular Hbond substituents is 1. The highest BCUT2D eigenvalue weighted by molar-refractivity contribution is 5.87. The number of aromatic hydroxyl groups is 1. The van der Waals surface area contributed by atoms with E-state index in [1.54, 1.807) is 18.3 Å². The number of hydrogen-bond donors (Lipinski definition) is 2. The van der Waals surface area contributed by atoms with Crippen LogP contribution in [0.15, 0.2) is 29.3 Å². The highest BCUT2D eigenvalue weighted by Gasteiger charge is 2.32. The van der Waals surface area contributed by atoms with Crippen LogP contribution in [-0.2, 0) is 11.0 Å². The molecule has 0 saturated carbocycles. The van der Waals surface area contributed by atoms with Crippen LogP contribution in [0.5, 0.6) is 5.75 Å². The Balaban J connectivity index is 1.75. The van der Waals surface area contributed by atoms with Gasteiger partial charge < -0.3 is 15.7 Å². The van der Waals surface area contributed by atoms with E-state index in [0.29, 0.717) is 31.1 Å². The monoisotopic (exact) mass is 434 g/mol. The molecule has 1 fully saturated rings. The van der Waals surface area contributed by atoms with E-state index in [9.17, 15) is 23.1 Å². The molecule has 1 unspecified atom stereocenters. The molecule has 2 heterocycles. The molecule has 0 aliphatic carbocycles. The zero-order valence-electron chi connectivity index (χ0n) is 17.6. The van der Waals surface area contributed by atoms with Crippen LogP contribution in [0, 0.1) is 12.8 Å². The first kappa shape index (κ1) is 22.6. The van der Waals surface area contributed by atoms with Gasteiger partial charge in [0.05, 0.1) is 11.3 Å². The number of aromatic nitrogens is 1. The molecule has 0 spiro atoms. The van der Waals surface area contributed by atoms with E-state index in [2.05, 4.69) is 9.98 Å². The van der Waals surface area contributed by atoms with Gasteiger partial charge in [0.2, 0.25) is 5.91 Å². The van der Waals surface area contributed by atoms with Crippen molar-refractivity contribution in [3.63, 3.8) is 0 Å². The minimum atomic E-state index is -4.55. The molecule has 0 radical (unpaired) electrons. The summed E-state index contributed by atoms with van der Waals surface area (Å²) in [5.41, 5.74) is 6.34. The van der Waals surface area contributed by atoms with Crippen molar-refractivity contribution in [3.8, 4) is 17.0 Å². The van der Waals surface area contributed by atoms with Crippen LogP contribution in [0.1, 0.15) is 37.0 Å². The number of alkyl halides is 3. The first-order valence-corrected chi connectivity index (χ1v) is 9.94. The molecule has 1 amide bonds. The van der Waals surface area contributed by atoms with Crippen molar-refractivity contribution in [2.24, 2.45) is 10.9 Å². The number of benzene rings is 1. The van der Waals surface area contributed by atoms with Crippen LogP contribution in [-0.4, -0.2) is 46.2 Å². The number of rotatable bonds is 5. The normalized spacial score (nSPS) is 17.3. The number of halogens is 3. The molecule has 9 heteroatoms. The molecule has 0 bridgehead atoms. The molecular weight excluding hydrogens is 409 g/mol. The first-order valence-electron chi connectivity index (χ1n) is 9.94. The van der Waals surface area contributed by atoms with E-state index >= 15 is 0 Å². The van der Waals surface area contributed by atoms with Gasteiger partial charge >= 0.3 is 6.18 Å². The van der Waals surface area contributed by atoms with E-state index in [4.69, 9.17) is 5.73 Å². The number of nitrogens with zero attached hydrogens (tertiary/aromatic N) is 3. The summed E-state index contributed by atoms with van der Waals surface area (Å²) in [5.74, 6) is -0.0914. The lowest BCUT2D eigenvalue weighted by Gasteiger charge is -2.20. The Morgan fingerprint density at radius 3 is 2.61 bits per heavy atom. The van der Waals surface area contributed by atoms with Crippen molar-refractivity contribution in [2.75, 3.05) is 18.8 Å². The van der Waals surface area contributed by atoms with Crippen molar-refractivity contribution in [2.45, 2.75) is 39.4 Å². The topological polar surface area (TPSA) is 91.8 Å². The van der Waals surface area contributed by atoms with Gasteiger partial charge in [-0.2, -0.15) is 13.2 Å². The van der Waals surface area contributed by atoms with Gasteiger partial charge in [-0.05, 0) is 50.6 Å². The molecule has 1 aliphatic rings. The number of anilines is 1. The number of pyridine rings is 1. The molecule has 1 aromatic carbocycles. The van der Waals surface area contributed by atoms with Crippen LogP contribution < -0.4 is 5.73 Å². The predicted octanol–water partition coefficient (Wildman–Crippen LogP) is 4.04. The predicted molar refractivity (Wildman–Crippen MR) is 113 cm³/mol. The second-order valence-corrected chi connectivity index (χ2v) is 8.06. The van der Waals surface area contributed by atoms with E-state index in [0.717, 1.165) is 6.07 Å². The molecule has 1 aliphatic heterocycles. The molecule has 3 rings (SSSR count). The number of nitrogens with two attached hydrogens (primary N) is 1. The third kappa shape index (κ3) is 4.98. The van der Waals surface area contributed by atoms with Gasteiger partial charge in [0.25, 0.3) is 0 Å². The lowest BCUT2D eigenvalue weighted by molar-refractivity contribution is -0.137. The second-order valence-electron chi connectivity index (χ2n) is 8.06. The number of nitrogen functional groups attached to an aromatic ring is 1. The number of aryl methyl sites for hydroxylation is 1. The Bertz CT molecular complexity index is 995. The van der Waals surface area contributed by atoms with Gasteiger partial charge in [-0.3, -0.25) is 9.79 Å². The van der Waals surface area contributed by atoms with Crippen LogP contribution in [0.2, 0.25) is 0 Å². The molecule has 1 aromatic heterocycles. The minimum Gasteiger partial charge on any atom is -0.507 e. The molecule has 2 aromatic rings. The SMILES string of the molecule is Cc1cc(C(F)(F)F)cc(O)c1-c1ccc(C=NCC2CC(=O)N(C(C)C)C2)c(N)n1. The molecule has 166 valence electrons. The number of likely N-dealkylation sites (tertiary alicyclic amines) is 1. The molecule has 1 atom stereocenters. The Morgan fingerprint density at radius 1 is 1.35 bits per heavy atom. The van der Waals surface area contributed by atoms with Gasteiger partial charge in [0.1, 0.15) is 11.6 Å². The lowest BCUT2D eigenvalue weighted by atomic mass is 10.00. The van der Waals surface area contributed by atoms with Crippen LogP contribution in [0.4, 0.5) is 19.0 Å². The Morgan fingerprint density at radius 2 is 2.06 bits per heavy atom. The maximum Gasteiger partial charge on any atom is 0.416 e. The Kier molecular flexibility index (Phi) is 6.24. The maximum absolute atomic E-state index is 12.9. The number of phenols is 1. The van der Waals surface area contributed by atoms with Crippen LogP contribution in [0.25, 0.3) is 11.3 Å². The number of carbonyl (C=O) groups is 1. The van der Waals surface area contributed by atoms with Crippen molar-refractivity contribution >= 4 is 17.9 Å². The zero-order valence-corrected chi connectivity index (χ0v) is 17.6. The second kappa shape index (κ2) is 8.56. The highest BCUT2D eigenvalue weighted by atomic mass is 19.4. The molecule has 6 nitrogen and oxygen atoms in total.